The van der Waals surface area contributed by atoms with E-state index in [2.05, 4.69) is 4.18 Å². The third-order valence-corrected chi connectivity index (χ3v) is 2.42. The second kappa shape index (κ2) is 5.51. The van der Waals surface area contributed by atoms with E-state index in [1.807, 2.05) is 6.92 Å². The Kier molecular flexibility index (Phi) is 5.45. The monoisotopic (exact) mass is 182 g/mol. The zero-order valence-corrected chi connectivity index (χ0v) is 7.43. The van der Waals surface area contributed by atoms with Crippen LogP contribution in [0.4, 0.5) is 0 Å². The van der Waals surface area contributed by atoms with Gasteiger partial charge < -0.3 is 5.11 Å². The van der Waals surface area contributed by atoms with Crippen molar-refractivity contribution in [2.24, 2.45) is 0 Å². The van der Waals surface area contributed by atoms with Crippen LogP contribution in [0.15, 0.2) is 0 Å². The van der Waals surface area contributed by atoms with Crippen LogP contribution in [0, 0.1) is 0 Å². The second-order valence-corrected chi connectivity index (χ2v) is 3.92. The molecule has 1 N–H and O–H groups in total. The van der Waals surface area contributed by atoms with Crippen LogP contribution in [0.25, 0.3) is 0 Å². The van der Waals surface area contributed by atoms with Crippen LogP contribution in [0.1, 0.15) is 19.8 Å². The summed E-state index contributed by atoms with van der Waals surface area (Å²) in [6.07, 6.45) is 1.43. The maximum absolute atomic E-state index is 10.8. The van der Waals surface area contributed by atoms with Gasteiger partial charge in [-0.05, 0) is 6.42 Å². The van der Waals surface area contributed by atoms with Gasteiger partial charge in [-0.2, -0.15) is 8.42 Å². The molecule has 0 rings (SSSR count). The highest BCUT2D eigenvalue weighted by molar-refractivity contribution is 7.86. The van der Waals surface area contributed by atoms with Crippen molar-refractivity contribution in [3.63, 3.8) is 0 Å². The fourth-order valence-electron chi connectivity index (χ4n) is 0.544. The Labute approximate surface area is 67.3 Å². The molecule has 0 saturated carbocycles. The smallest absolute Gasteiger partial charge is 0.267 e. The van der Waals surface area contributed by atoms with Gasteiger partial charge in [0.2, 0.25) is 0 Å². The van der Waals surface area contributed by atoms with Crippen LogP contribution in [0.2, 0.25) is 0 Å². The Morgan fingerprint density at radius 2 is 2.09 bits per heavy atom. The standard InChI is InChI=1S/C6H14O4S/c1-2-3-6-11(8,9)10-5-4-7/h7H,2-6H2,1H3. The van der Waals surface area contributed by atoms with Crippen molar-refractivity contribution in [3.8, 4) is 0 Å². The highest BCUT2D eigenvalue weighted by Crippen LogP contribution is 1.97. The summed E-state index contributed by atoms with van der Waals surface area (Å²) in [4.78, 5) is 0. The molecule has 0 unspecified atom stereocenters. The van der Waals surface area contributed by atoms with Crippen molar-refractivity contribution in [1.82, 2.24) is 0 Å². The first-order chi connectivity index (χ1) is 5.12. The van der Waals surface area contributed by atoms with E-state index in [1.54, 1.807) is 0 Å². The molecule has 0 atom stereocenters. The third kappa shape index (κ3) is 6.28. The minimum absolute atomic E-state index is 0.0451. The van der Waals surface area contributed by atoms with E-state index < -0.39 is 10.1 Å². The third-order valence-electron chi connectivity index (χ3n) is 1.10. The molecule has 0 aromatic rings. The molecule has 0 aliphatic heterocycles. The predicted octanol–water partition coefficient (Wildman–Crippen LogP) is 0.125. The second-order valence-electron chi connectivity index (χ2n) is 2.16. The van der Waals surface area contributed by atoms with Crippen molar-refractivity contribution < 1.29 is 17.7 Å². The van der Waals surface area contributed by atoms with Gasteiger partial charge in [-0.15, -0.1) is 0 Å². The van der Waals surface area contributed by atoms with Gasteiger partial charge >= 0.3 is 0 Å². The Balaban J connectivity index is 3.63. The van der Waals surface area contributed by atoms with Crippen molar-refractivity contribution in [2.45, 2.75) is 19.8 Å². The number of aliphatic hydroxyl groups is 1. The van der Waals surface area contributed by atoms with E-state index in [0.29, 0.717) is 6.42 Å². The average molecular weight is 182 g/mol. The van der Waals surface area contributed by atoms with Crippen molar-refractivity contribution in [2.75, 3.05) is 19.0 Å². The lowest BCUT2D eigenvalue weighted by molar-refractivity contribution is 0.205. The van der Waals surface area contributed by atoms with E-state index in [1.165, 1.54) is 0 Å². The SMILES string of the molecule is CCCCS(=O)(=O)OCCO. The molecule has 11 heavy (non-hydrogen) atoms. The zero-order chi connectivity index (χ0) is 8.74. The molecule has 0 aromatic heterocycles. The Morgan fingerprint density at radius 3 is 2.55 bits per heavy atom. The highest BCUT2D eigenvalue weighted by Gasteiger charge is 2.08. The molecule has 0 saturated heterocycles. The minimum atomic E-state index is -3.37. The molecule has 0 bridgehead atoms. The molecule has 68 valence electrons. The molecule has 0 aliphatic rings. The topological polar surface area (TPSA) is 63.6 Å². The molecule has 0 aromatic carbocycles. The van der Waals surface area contributed by atoms with Crippen LogP contribution in [0.5, 0.6) is 0 Å². The molecule has 0 amide bonds. The normalized spacial score (nSPS) is 11.8. The lowest BCUT2D eigenvalue weighted by atomic mass is 10.4. The first-order valence-corrected chi connectivity index (χ1v) is 5.18. The number of hydrogen-bond acceptors (Lipinski definition) is 4. The molecule has 0 spiro atoms. The van der Waals surface area contributed by atoms with Crippen molar-refractivity contribution in [1.29, 1.82) is 0 Å². The molecule has 0 fully saturated rings. The summed E-state index contributed by atoms with van der Waals surface area (Å²) in [6, 6.07) is 0. The molecule has 0 heterocycles. The summed E-state index contributed by atoms with van der Waals surface area (Å²) in [5.41, 5.74) is 0. The van der Waals surface area contributed by atoms with E-state index in [4.69, 9.17) is 5.11 Å². The number of hydrogen-bond donors (Lipinski definition) is 1. The maximum atomic E-state index is 10.8. The van der Waals surface area contributed by atoms with Crippen molar-refractivity contribution in [3.05, 3.63) is 0 Å². The quantitative estimate of drug-likeness (QED) is 0.593. The first kappa shape index (κ1) is 10.9. The Morgan fingerprint density at radius 1 is 1.45 bits per heavy atom. The summed E-state index contributed by atoms with van der Waals surface area (Å²) >= 11 is 0. The molecular weight excluding hydrogens is 168 g/mol. The van der Waals surface area contributed by atoms with Crippen LogP contribution in [-0.4, -0.2) is 32.5 Å². The Hall–Kier alpha value is -0.130. The van der Waals surface area contributed by atoms with Crippen molar-refractivity contribution >= 4 is 10.1 Å². The molecular formula is C6H14O4S. The summed E-state index contributed by atoms with van der Waals surface area (Å²) in [5.74, 6) is 0.0451. The van der Waals surface area contributed by atoms with Gasteiger partial charge in [0.1, 0.15) is 0 Å². The molecule has 0 radical (unpaired) electrons. The summed E-state index contributed by atoms with van der Waals surface area (Å²) in [5, 5.41) is 8.27. The van der Waals surface area contributed by atoms with Gasteiger partial charge in [-0.1, -0.05) is 13.3 Å². The first-order valence-electron chi connectivity index (χ1n) is 3.60. The van der Waals surface area contributed by atoms with Gasteiger partial charge in [-0.3, -0.25) is 4.18 Å². The van der Waals surface area contributed by atoms with E-state index in [9.17, 15) is 8.42 Å². The predicted molar refractivity (Wildman–Crippen MR) is 41.7 cm³/mol. The Bertz CT molecular complexity index is 159. The van der Waals surface area contributed by atoms with Crippen LogP contribution < -0.4 is 0 Å². The summed E-state index contributed by atoms with van der Waals surface area (Å²) in [6.45, 7) is 1.51. The van der Waals surface area contributed by atoms with E-state index in [0.717, 1.165) is 6.42 Å². The lowest BCUT2D eigenvalue weighted by Crippen LogP contribution is -2.12. The molecule has 0 aliphatic carbocycles. The zero-order valence-electron chi connectivity index (χ0n) is 6.62. The van der Waals surface area contributed by atoms with E-state index in [-0.39, 0.29) is 19.0 Å². The summed E-state index contributed by atoms with van der Waals surface area (Å²) in [7, 11) is -3.37. The minimum Gasteiger partial charge on any atom is -0.394 e. The number of rotatable bonds is 6. The number of unbranched alkanes of at least 4 members (excludes halogenated alkanes) is 1. The maximum Gasteiger partial charge on any atom is 0.267 e. The fourth-order valence-corrected chi connectivity index (χ4v) is 1.63. The fraction of sp³-hybridized carbons (Fsp3) is 1.00. The van der Waals surface area contributed by atoms with Gasteiger partial charge in [-0.25, -0.2) is 0 Å². The van der Waals surface area contributed by atoms with E-state index >= 15 is 0 Å². The lowest BCUT2D eigenvalue weighted by Gasteiger charge is -2.01. The van der Waals surface area contributed by atoms with Gasteiger partial charge in [0.05, 0.1) is 19.0 Å². The largest absolute Gasteiger partial charge is 0.394 e. The van der Waals surface area contributed by atoms with Gasteiger partial charge in [0.25, 0.3) is 10.1 Å². The highest BCUT2D eigenvalue weighted by atomic mass is 32.2. The van der Waals surface area contributed by atoms with Crippen LogP contribution in [0.3, 0.4) is 0 Å². The molecule has 5 heteroatoms. The van der Waals surface area contributed by atoms with Gasteiger partial charge in [0.15, 0.2) is 0 Å². The van der Waals surface area contributed by atoms with Gasteiger partial charge in [0, 0.05) is 0 Å². The number of aliphatic hydroxyl groups excluding tert-OH is 1. The van der Waals surface area contributed by atoms with Crippen LogP contribution in [-0.2, 0) is 14.3 Å². The molecule has 4 nitrogen and oxygen atoms in total. The van der Waals surface area contributed by atoms with Crippen LogP contribution >= 0.6 is 0 Å². The average Bonchev–Trinajstić information content (AvgIpc) is 1.97. The summed E-state index contributed by atoms with van der Waals surface area (Å²) < 4.78 is 26.0.